The number of benzene rings is 1. The summed E-state index contributed by atoms with van der Waals surface area (Å²) in [5.74, 6) is 0.0876. The summed E-state index contributed by atoms with van der Waals surface area (Å²) >= 11 is 0. The van der Waals surface area contributed by atoms with Crippen molar-refractivity contribution in [1.29, 1.82) is 0 Å². The lowest BCUT2D eigenvalue weighted by Crippen LogP contribution is -2.11. The second-order valence-electron chi connectivity index (χ2n) is 3.49. The van der Waals surface area contributed by atoms with Crippen molar-refractivity contribution in [3.8, 4) is 5.75 Å². The fourth-order valence-corrected chi connectivity index (χ4v) is 1.15. The van der Waals surface area contributed by atoms with Gasteiger partial charge in [-0.15, -0.1) is 0 Å². The zero-order chi connectivity index (χ0) is 11.4. The Balaban J connectivity index is 2.94. The van der Waals surface area contributed by atoms with Crippen LogP contribution in [0.15, 0.2) is 30.4 Å². The monoisotopic (exact) mass is 205 g/mol. The highest BCUT2D eigenvalue weighted by atomic mass is 16.5. The van der Waals surface area contributed by atoms with E-state index in [4.69, 9.17) is 10.5 Å². The van der Waals surface area contributed by atoms with Crippen molar-refractivity contribution < 1.29 is 9.53 Å². The summed E-state index contributed by atoms with van der Waals surface area (Å²) in [7, 11) is 0. The SMILES string of the molecule is C=C(C)C(=O)Oc1ccc(C)cc1CN. The summed E-state index contributed by atoms with van der Waals surface area (Å²) in [6, 6.07) is 5.53. The number of rotatable bonds is 3. The second kappa shape index (κ2) is 4.75. The zero-order valence-corrected chi connectivity index (χ0v) is 9.04. The van der Waals surface area contributed by atoms with Crippen molar-refractivity contribution in [3.05, 3.63) is 41.5 Å². The first kappa shape index (κ1) is 11.5. The van der Waals surface area contributed by atoms with Gasteiger partial charge in [0.25, 0.3) is 0 Å². The quantitative estimate of drug-likeness (QED) is 0.466. The first-order chi connectivity index (χ1) is 7.04. The van der Waals surface area contributed by atoms with E-state index in [9.17, 15) is 4.79 Å². The summed E-state index contributed by atoms with van der Waals surface area (Å²) in [4.78, 5) is 11.3. The van der Waals surface area contributed by atoms with Crippen LogP contribution in [0.1, 0.15) is 18.1 Å². The minimum Gasteiger partial charge on any atom is -0.423 e. The molecule has 0 amide bonds. The van der Waals surface area contributed by atoms with Crippen LogP contribution in [0.3, 0.4) is 0 Å². The highest BCUT2D eigenvalue weighted by Crippen LogP contribution is 2.20. The summed E-state index contributed by atoms with van der Waals surface area (Å²) in [6.45, 7) is 7.44. The Morgan fingerprint density at radius 2 is 2.20 bits per heavy atom. The number of ether oxygens (including phenoxy) is 1. The largest absolute Gasteiger partial charge is 0.423 e. The van der Waals surface area contributed by atoms with Crippen LogP contribution in [0.25, 0.3) is 0 Å². The van der Waals surface area contributed by atoms with Crippen LogP contribution in [-0.2, 0) is 11.3 Å². The molecular formula is C12H15NO2. The van der Waals surface area contributed by atoms with E-state index in [0.29, 0.717) is 17.9 Å². The van der Waals surface area contributed by atoms with Gasteiger partial charge in [-0.1, -0.05) is 24.3 Å². The first-order valence-electron chi connectivity index (χ1n) is 4.72. The Kier molecular flexibility index (Phi) is 3.63. The van der Waals surface area contributed by atoms with E-state index in [1.165, 1.54) is 0 Å². The van der Waals surface area contributed by atoms with Crippen molar-refractivity contribution >= 4 is 5.97 Å². The lowest BCUT2D eigenvalue weighted by Gasteiger charge is -2.09. The van der Waals surface area contributed by atoms with Crippen LogP contribution in [0.2, 0.25) is 0 Å². The van der Waals surface area contributed by atoms with Gasteiger partial charge in [0.15, 0.2) is 0 Å². The van der Waals surface area contributed by atoms with E-state index in [0.717, 1.165) is 11.1 Å². The third-order valence-electron chi connectivity index (χ3n) is 1.99. The normalized spacial score (nSPS) is 9.80. The highest BCUT2D eigenvalue weighted by Gasteiger charge is 2.08. The lowest BCUT2D eigenvalue weighted by molar-refractivity contribution is -0.130. The van der Waals surface area contributed by atoms with Crippen LogP contribution < -0.4 is 10.5 Å². The molecule has 3 heteroatoms. The molecule has 0 aliphatic rings. The molecule has 0 saturated carbocycles. The second-order valence-corrected chi connectivity index (χ2v) is 3.49. The average Bonchev–Trinajstić information content (AvgIpc) is 2.20. The third-order valence-corrected chi connectivity index (χ3v) is 1.99. The smallest absolute Gasteiger partial charge is 0.338 e. The topological polar surface area (TPSA) is 52.3 Å². The number of hydrogen-bond donors (Lipinski definition) is 1. The minimum absolute atomic E-state index is 0.348. The predicted octanol–water partition coefficient (Wildman–Crippen LogP) is 1.94. The van der Waals surface area contributed by atoms with Gasteiger partial charge in [0.05, 0.1) is 0 Å². The molecule has 2 N–H and O–H groups in total. The van der Waals surface area contributed by atoms with Gasteiger partial charge in [-0.05, 0) is 19.9 Å². The molecule has 0 heterocycles. The number of hydrogen-bond acceptors (Lipinski definition) is 3. The van der Waals surface area contributed by atoms with Crippen LogP contribution in [0, 0.1) is 6.92 Å². The Morgan fingerprint density at radius 3 is 2.73 bits per heavy atom. The Labute approximate surface area is 89.5 Å². The summed E-state index contributed by atoms with van der Waals surface area (Å²) < 4.78 is 5.13. The molecule has 0 bridgehead atoms. The summed E-state index contributed by atoms with van der Waals surface area (Å²) in [5.41, 5.74) is 7.84. The van der Waals surface area contributed by atoms with Crippen LogP contribution in [0.5, 0.6) is 5.75 Å². The van der Waals surface area contributed by atoms with Gasteiger partial charge in [-0.25, -0.2) is 4.79 Å². The van der Waals surface area contributed by atoms with Crippen molar-refractivity contribution in [2.24, 2.45) is 5.73 Å². The zero-order valence-electron chi connectivity index (χ0n) is 9.04. The van der Waals surface area contributed by atoms with E-state index >= 15 is 0 Å². The Morgan fingerprint density at radius 1 is 1.53 bits per heavy atom. The van der Waals surface area contributed by atoms with Gasteiger partial charge in [0, 0.05) is 17.7 Å². The van der Waals surface area contributed by atoms with Gasteiger partial charge in [0.2, 0.25) is 0 Å². The Hall–Kier alpha value is -1.61. The molecule has 0 aromatic heterocycles. The molecule has 0 aliphatic carbocycles. The van der Waals surface area contributed by atoms with Gasteiger partial charge >= 0.3 is 5.97 Å². The van der Waals surface area contributed by atoms with Crippen molar-refractivity contribution in [3.63, 3.8) is 0 Å². The molecule has 1 rings (SSSR count). The highest BCUT2D eigenvalue weighted by molar-refractivity contribution is 5.88. The molecule has 0 fully saturated rings. The first-order valence-corrected chi connectivity index (χ1v) is 4.72. The lowest BCUT2D eigenvalue weighted by atomic mass is 10.1. The van der Waals surface area contributed by atoms with Crippen molar-refractivity contribution in [1.82, 2.24) is 0 Å². The van der Waals surface area contributed by atoms with E-state index in [2.05, 4.69) is 6.58 Å². The van der Waals surface area contributed by atoms with Crippen LogP contribution in [-0.4, -0.2) is 5.97 Å². The summed E-state index contributed by atoms with van der Waals surface area (Å²) in [6.07, 6.45) is 0. The molecule has 0 saturated heterocycles. The standard InChI is InChI=1S/C12H15NO2/c1-8(2)12(14)15-11-5-4-9(3)6-10(11)7-13/h4-6H,1,7,13H2,2-3H3. The van der Waals surface area contributed by atoms with Gasteiger partial charge < -0.3 is 10.5 Å². The fraction of sp³-hybridized carbons (Fsp3) is 0.250. The summed E-state index contributed by atoms with van der Waals surface area (Å²) in [5, 5.41) is 0. The molecule has 15 heavy (non-hydrogen) atoms. The van der Waals surface area contributed by atoms with Crippen LogP contribution >= 0.6 is 0 Å². The average molecular weight is 205 g/mol. The number of carbonyl (C=O) groups is 1. The molecule has 80 valence electrons. The molecule has 0 spiro atoms. The third kappa shape index (κ3) is 2.92. The molecule has 0 radical (unpaired) electrons. The van der Waals surface area contributed by atoms with Gasteiger partial charge in [-0.2, -0.15) is 0 Å². The minimum atomic E-state index is -0.423. The fourth-order valence-electron chi connectivity index (χ4n) is 1.15. The number of carbonyl (C=O) groups excluding carboxylic acids is 1. The van der Waals surface area contributed by atoms with E-state index < -0.39 is 5.97 Å². The number of nitrogens with two attached hydrogens (primary N) is 1. The maximum absolute atomic E-state index is 11.3. The van der Waals surface area contributed by atoms with Gasteiger partial charge in [-0.3, -0.25) is 0 Å². The number of aryl methyl sites for hydroxylation is 1. The van der Waals surface area contributed by atoms with Crippen LogP contribution in [0.4, 0.5) is 0 Å². The molecule has 1 aromatic carbocycles. The Bertz CT molecular complexity index is 397. The van der Waals surface area contributed by atoms with Gasteiger partial charge in [0.1, 0.15) is 5.75 Å². The van der Waals surface area contributed by atoms with Crippen molar-refractivity contribution in [2.75, 3.05) is 0 Å². The molecule has 1 aromatic rings. The molecule has 0 atom stereocenters. The molecule has 0 unspecified atom stereocenters. The van der Waals surface area contributed by atoms with E-state index in [-0.39, 0.29) is 0 Å². The maximum Gasteiger partial charge on any atom is 0.338 e. The molecular weight excluding hydrogens is 190 g/mol. The van der Waals surface area contributed by atoms with E-state index in [1.807, 2.05) is 19.1 Å². The maximum atomic E-state index is 11.3. The van der Waals surface area contributed by atoms with Crippen molar-refractivity contribution in [2.45, 2.75) is 20.4 Å². The van der Waals surface area contributed by atoms with E-state index in [1.54, 1.807) is 13.0 Å². The molecule has 0 aliphatic heterocycles. The number of esters is 1. The molecule has 3 nitrogen and oxygen atoms in total. The predicted molar refractivity (Wildman–Crippen MR) is 59.5 cm³/mol.